The van der Waals surface area contributed by atoms with E-state index < -0.39 is 5.54 Å². The highest BCUT2D eigenvalue weighted by molar-refractivity contribution is 7.99. The Morgan fingerprint density at radius 2 is 1.65 bits per heavy atom. The number of halogens is 1. The topological polar surface area (TPSA) is 75.7 Å². The van der Waals surface area contributed by atoms with E-state index in [-0.39, 0.29) is 13.2 Å². The van der Waals surface area contributed by atoms with Gasteiger partial charge in [0, 0.05) is 14.8 Å². The van der Waals surface area contributed by atoms with Crippen LogP contribution in [0.15, 0.2) is 82.6 Å². The Morgan fingerprint density at radius 1 is 0.903 bits per heavy atom. The minimum absolute atomic E-state index is 0.235. The lowest BCUT2D eigenvalue weighted by Gasteiger charge is -2.24. The largest absolute Gasteiger partial charge is 0.489 e. The van der Waals surface area contributed by atoms with E-state index in [1.807, 2.05) is 66.7 Å². The molecule has 0 spiro atoms. The number of ether oxygens (including phenoxy) is 1. The molecule has 0 saturated heterocycles. The number of aryl methyl sites for hydroxylation is 1. The molecule has 0 fully saturated rings. The van der Waals surface area contributed by atoms with Gasteiger partial charge in [-0.1, -0.05) is 65.8 Å². The average Bonchev–Trinajstić information content (AvgIpc) is 2.80. The van der Waals surface area contributed by atoms with E-state index in [0.717, 1.165) is 39.5 Å². The van der Waals surface area contributed by atoms with Crippen LogP contribution in [0.4, 0.5) is 0 Å². The van der Waals surface area contributed by atoms with Crippen LogP contribution in [0.3, 0.4) is 0 Å². The zero-order chi connectivity index (χ0) is 22.1. The Balaban J connectivity index is 1.57. The fourth-order valence-electron chi connectivity index (χ4n) is 3.14. The van der Waals surface area contributed by atoms with Gasteiger partial charge in [-0.25, -0.2) is 0 Å². The van der Waals surface area contributed by atoms with Gasteiger partial charge in [-0.2, -0.15) is 0 Å². The van der Waals surface area contributed by atoms with Crippen molar-refractivity contribution >= 4 is 23.4 Å². The molecule has 164 valence electrons. The van der Waals surface area contributed by atoms with Crippen molar-refractivity contribution in [3.63, 3.8) is 0 Å². The predicted molar refractivity (Wildman–Crippen MR) is 127 cm³/mol. The van der Waals surface area contributed by atoms with Gasteiger partial charge < -0.3 is 20.7 Å². The Morgan fingerprint density at radius 3 is 2.35 bits per heavy atom. The summed E-state index contributed by atoms with van der Waals surface area (Å²) in [4.78, 5) is 2.13. The molecule has 0 atom stereocenters. The lowest BCUT2D eigenvalue weighted by molar-refractivity contribution is 0.113. The van der Waals surface area contributed by atoms with Gasteiger partial charge in [0.2, 0.25) is 0 Å². The number of benzene rings is 3. The second-order valence-electron chi connectivity index (χ2n) is 7.64. The molecule has 0 unspecified atom stereocenters. The summed E-state index contributed by atoms with van der Waals surface area (Å²) in [7, 11) is 0. The fourth-order valence-corrected chi connectivity index (χ4v) is 4.38. The van der Waals surface area contributed by atoms with Crippen molar-refractivity contribution in [2.24, 2.45) is 5.73 Å². The highest BCUT2D eigenvalue weighted by Crippen LogP contribution is 2.33. The number of nitrogens with two attached hydrogens (primary N) is 1. The molecule has 6 heteroatoms. The molecule has 0 aromatic heterocycles. The smallest absolute Gasteiger partial charge is 0.120 e. The molecule has 4 nitrogen and oxygen atoms in total. The number of aliphatic hydroxyl groups is 2. The van der Waals surface area contributed by atoms with Gasteiger partial charge in [-0.05, 0) is 60.7 Å². The third-order valence-corrected chi connectivity index (χ3v) is 6.40. The minimum Gasteiger partial charge on any atom is -0.489 e. The monoisotopic (exact) mass is 457 g/mol. The molecule has 0 saturated carbocycles. The third kappa shape index (κ3) is 7.27. The van der Waals surface area contributed by atoms with Crippen molar-refractivity contribution in [3.05, 3.63) is 88.9 Å². The van der Waals surface area contributed by atoms with Crippen LogP contribution in [0.2, 0.25) is 5.02 Å². The van der Waals surface area contributed by atoms with Crippen LogP contribution in [0.5, 0.6) is 5.75 Å². The molecule has 0 amide bonds. The molecular formula is C25H28ClNO3S. The molecule has 3 rings (SSSR count). The summed E-state index contributed by atoms with van der Waals surface area (Å²) in [6.45, 7) is 0.0635. The quantitative estimate of drug-likeness (QED) is 0.374. The van der Waals surface area contributed by atoms with Crippen molar-refractivity contribution in [1.29, 1.82) is 0 Å². The first-order chi connectivity index (χ1) is 15.0. The summed E-state index contributed by atoms with van der Waals surface area (Å²) in [5, 5.41) is 19.3. The van der Waals surface area contributed by atoms with E-state index in [2.05, 4.69) is 6.07 Å². The SMILES string of the molecule is NC(CO)(CO)CCCc1ccc(Sc2cccc(OCc3ccccc3)c2)cc1Cl. The molecule has 0 aliphatic heterocycles. The van der Waals surface area contributed by atoms with Gasteiger partial charge in [-0.15, -0.1) is 0 Å². The first-order valence-corrected chi connectivity index (χ1v) is 11.4. The van der Waals surface area contributed by atoms with Crippen LogP contribution in [-0.2, 0) is 13.0 Å². The van der Waals surface area contributed by atoms with Gasteiger partial charge in [0.25, 0.3) is 0 Å². The van der Waals surface area contributed by atoms with Crippen molar-refractivity contribution in [3.8, 4) is 5.75 Å². The molecule has 31 heavy (non-hydrogen) atoms. The van der Waals surface area contributed by atoms with Crippen LogP contribution < -0.4 is 10.5 Å². The van der Waals surface area contributed by atoms with Crippen molar-refractivity contribution < 1.29 is 14.9 Å². The molecule has 3 aromatic rings. The van der Waals surface area contributed by atoms with Crippen LogP contribution in [-0.4, -0.2) is 29.0 Å². The number of hydrogen-bond acceptors (Lipinski definition) is 5. The van der Waals surface area contributed by atoms with Gasteiger partial charge in [0.1, 0.15) is 12.4 Å². The summed E-state index contributed by atoms with van der Waals surface area (Å²) in [5.74, 6) is 0.828. The number of hydrogen-bond donors (Lipinski definition) is 3. The van der Waals surface area contributed by atoms with E-state index in [0.29, 0.717) is 18.1 Å². The highest BCUT2D eigenvalue weighted by Gasteiger charge is 2.22. The van der Waals surface area contributed by atoms with Crippen LogP contribution in [0.1, 0.15) is 24.0 Å². The molecule has 4 N–H and O–H groups in total. The Labute approximate surface area is 193 Å². The molecule has 0 radical (unpaired) electrons. The van der Waals surface area contributed by atoms with Crippen LogP contribution in [0, 0.1) is 0 Å². The first kappa shape index (κ1) is 23.6. The van der Waals surface area contributed by atoms with E-state index >= 15 is 0 Å². The molecule has 0 heterocycles. The van der Waals surface area contributed by atoms with Gasteiger partial charge >= 0.3 is 0 Å². The summed E-state index contributed by atoms with van der Waals surface area (Å²) < 4.78 is 5.92. The summed E-state index contributed by atoms with van der Waals surface area (Å²) in [6.07, 6.45) is 2.01. The molecular weight excluding hydrogens is 430 g/mol. The van der Waals surface area contributed by atoms with Gasteiger partial charge in [0.05, 0.1) is 18.8 Å². The standard InChI is InChI=1S/C25H28ClNO3S/c26-24-15-23(12-11-20(24)8-5-13-25(27,17-28)18-29)31-22-10-4-9-21(14-22)30-16-19-6-2-1-3-7-19/h1-4,6-7,9-12,14-15,28-29H,5,8,13,16-18,27H2. The zero-order valence-corrected chi connectivity index (χ0v) is 18.9. The molecule has 3 aromatic carbocycles. The normalized spacial score (nSPS) is 11.5. The van der Waals surface area contributed by atoms with E-state index in [1.165, 1.54) is 0 Å². The van der Waals surface area contributed by atoms with Crippen molar-refractivity contribution in [2.75, 3.05) is 13.2 Å². The maximum Gasteiger partial charge on any atom is 0.120 e. The maximum atomic E-state index is 9.30. The number of aliphatic hydroxyl groups excluding tert-OH is 2. The average molecular weight is 458 g/mol. The predicted octanol–water partition coefficient (Wildman–Crippen LogP) is 5.08. The molecule has 0 aliphatic rings. The maximum absolute atomic E-state index is 9.30. The Hall–Kier alpha value is -2.02. The zero-order valence-electron chi connectivity index (χ0n) is 17.3. The highest BCUT2D eigenvalue weighted by atomic mass is 35.5. The molecule has 0 bridgehead atoms. The van der Waals surface area contributed by atoms with E-state index in [9.17, 15) is 10.2 Å². The van der Waals surface area contributed by atoms with Gasteiger partial charge in [-0.3, -0.25) is 0 Å². The Bertz CT molecular complexity index is 964. The fraction of sp³-hybridized carbons (Fsp3) is 0.280. The minimum atomic E-state index is -0.935. The van der Waals surface area contributed by atoms with Crippen molar-refractivity contribution in [1.82, 2.24) is 0 Å². The summed E-state index contributed by atoms with van der Waals surface area (Å²) in [5.41, 5.74) is 7.16. The lowest BCUT2D eigenvalue weighted by atomic mass is 9.94. The van der Waals surface area contributed by atoms with E-state index in [4.69, 9.17) is 22.1 Å². The summed E-state index contributed by atoms with van der Waals surface area (Å²) in [6, 6.07) is 24.2. The Kier molecular flexibility index (Phi) is 8.81. The lowest BCUT2D eigenvalue weighted by Crippen LogP contribution is -2.47. The summed E-state index contributed by atoms with van der Waals surface area (Å²) >= 11 is 8.13. The molecule has 0 aliphatic carbocycles. The third-order valence-electron chi connectivity index (χ3n) is 5.06. The van der Waals surface area contributed by atoms with Crippen LogP contribution >= 0.6 is 23.4 Å². The van der Waals surface area contributed by atoms with E-state index in [1.54, 1.807) is 11.8 Å². The second kappa shape index (κ2) is 11.6. The number of rotatable bonds is 11. The van der Waals surface area contributed by atoms with Crippen molar-refractivity contribution in [2.45, 2.75) is 41.2 Å². The van der Waals surface area contributed by atoms with Crippen LogP contribution in [0.25, 0.3) is 0 Å². The first-order valence-electron chi connectivity index (χ1n) is 10.2. The van der Waals surface area contributed by atoms with Gasteiger partial charge in [0.15, 0.2) is 0 Å². The second-order valence-corrected chi connectivity index (χ2v) is 9.19.